The van der Waals surface area contributed by atoms with Crippen molar-refractivity contribution in [2.24, 2.45) is 5.10 Å². The predicted molar refractivity (Wildman–Crippen MR) is 149 cm³/mol. The van der Waals surface area contributed by atoms with Gasteiger partial charge in [0.1, 0.15) is 12.3 Å². The van der Waals surface area contributed by atoms with Gasteiger partial charge < -0.3 is 10.1 Å². The number of benzene rings is 3. The quantitative estimate of drug-likeness (QED) is 0.288. The number of sulfonamides is 1. The first-order chi connectivity index (χ1) is 18.0. The number of carbonyl (C=O) groups excluding carboxylic acids is 2. The van der Waals surface area contributed by atoms with E-state index < -0.39 is 22.5 Å². The van der Waals surface area contributed by atoms with Crippen molar-refractivity contribution < 1.29 is 22.7 Å². The molecule has 0 saturated heterocycles. The highest BCUT2D eigenvalue weighted by Crippen LogP contribution is 2.23. The Kier molecular flexibility index (Phi) is 9.61. The maximum absolute atomic E-state index is 12.4. The number of ether oxygens (including phenoxy) is 1. The number of hydrogen-bond donors (Lipinski definition) is 2. The van der Waals surface area contributed by atoms with E-state index in [1.807, 2.05) is 56.3 Å². The topological polar surface area (TPSA) is 117 Å². The molecule has 200 valence electrons. The molecule has 0 saturated carbocycles. The van der Waals surface area contributed by atoms with Gasteiger partial charge in [-0.3, -0.25) is 13.9 Å². The maximum Gasteiger partial charge on any atom is 0.260 e. The van der Waals surface area contributed by atoms with Crippen LogP contribution < -0.4 is 19.8 Å². The van der Waals surface area contributed by atoms with E-state index in [-0.39, 0.29) is 18.6 Å². The number of nitrogens with zero attached hydrogens (tertiary/aromatic N) is 2. The predicted octanol–water partition coefficient (Wildman–Crippen LogP) is 3.48. The van der Waals surface area contributed by atoms with Gasteiger partial charge in [0.15, 0.2) is 6.61 Å². The van der Waals surface area contributed by atoms with Crippen LogP contribution in [0.5, 0.6) is 5.75 Å². The van der Waals surface area contributed by atoms with Crippen molar-refractivity contribution in [3.63, 3.8) is 0 Å². The van der Waals surface area contributed by atoms with Crippen LogP contribution in [0.2, 0.25) is 0 Å². The summed E-state index contributed by atoms with van der Waals surface area (Å²) in [5.41, 5.74) is 6.11. The zero-order chi connectivity index (χ0) is 27.7. The van der Waals surface area contributed by atoms with Crippen LogP contribution in [0.15, 0.2) is 77.9 Å². The van der Waals surface area contributed by atoms with Crippen LogP contribution in [0.3, 0.4) is 0 Å². The van der Waals surface area contributed by atoms with E-state index in [9.17, 15) is 18.0 Å². The zero-order valence-electron chi connectivity index (χ0n) is 21.8. The number of nitrogens with one attached hydrogen (secondary N) is 2. The SMILES string of the molecule is Cc1ccc(C)c(N(CC(=O)N/N=C\c2ccc(OCC(=O)N[C@H](C)c3ccccc3)cc2)S(C)(=O)=O)c1. The minimum absolute atomic E-state index is 0.127. The lowest BCUT2D eigenvalue weighted by Crippen LogP contribution is -2.39. The molecule has 9 nitrogen and oxygen atoms in total. The number of rotatable bonds is 11. The van der Waals surface area contributed by atoms with Gasteiger partial charge in [0, 0.05) is 0 Å². The third-order valence-electron chi connectivity index (χ3n) is 5.65. The largest absolute Gasteiger partial charge is 0.484 e. The first kappa shape index (κ1) is 28.4. The van der Waals surface area contributed by atoms with Crippen LogP contribution in [0.4, 0.5) is 5.69 Å². The van der Waals surface area contributed by atoms with Gasteiger partial charge in [0.25, 0.3) is 11.8 Å². The number of hydrogen-bond acceptors (Lipinski definition) is 6. The van der Waals surface area contributed by atoms with Crippen LogP contribution in [0, 0.1) is 13.8 Å². The summed E-state index contributed by atoms with van der Waals surface area (Å²) in [4.78, 5) is 24.6. The van der Waals surface area contributed by atoms with Gasteiger partial charge in [-0.1, -0.05) is 42.5 Å². The lowest BCUT2D eigenvalue weighted by atomic mass is 10.1. The molecule has 0 unspecified atom stereocenters. The number of amides is 2. The van der Waals surface area contributed by atoms with Crippen LogP contribution in [-0.4, -0.2) is 45.9 Å². The Hall–Kier alpha value is -4.18. The second kappa shape index (κ2) is 12.9. The fraction of sp³-hybridized carbons (Fsp3) is 0.250. The van der Waals surface area contributed by atoms with Crippen LogP contribution in [-0.2, 0) is 19.6 Å². The second-order valence-corrected chi connectivity index (χ2v) is 10.8. The van der Waals surface area contributed by atoms with Crippen molar-refractivity contribution in [3.8, 4) is 5.75 Å². The molecule has 10 heteroatoms. The van der Waals surface area contributed by atoms with Crippen LogP contribution >= 0.6 is 0 Å². The molecule has 3 aromatic carbocycles. The molecule has 2 amide bonds. The highest BCUT2D eigenvalue weighted by molar-refractivity contribution is 7.92. The molecule has 0 radical (unpaired) electrons. The minimum atomic E-state index is -3.69. The molecule has 0 aliphatic heterocycles. The van der Waals surface area contributed by atoms with Gasteiger partial charge in [-0.2, -0.15) is 5.10 Å². The van der Waals surface area contributed by atoms with Crippen molar-refractivity contribution in [1.82, 2.24) is 10.7 Å². The molecule has 0 heterocycles. The zero-order valence-corrected chi connectivity index (χ0v) is 22.7. The normalized spacial score (nSPS) is 12.1. The van der Waals surface area contributed by atoms with Crippen molar-refractivity contribution in [1.29, 1.82) is 0 Å². The molecule has 0 bridgehead atoms. The Morgan fingerprint density at radius 2 is 1.68 bits per heavy atom. The van der Waals surface area contributed by atoms with E-state index in [0.29, 0.717) is 17.0 Å². The van der Waals surface area contributed by atoms with Gasteiger partial charge in [-0.15, -0.1) is 0 Å². The average Bonchev–Trinajstić information content (AvgIpc) is 2.88. The molecule has 2 N–H and O–H groups in total. The molecule has 3 rings (SSSR count). The van der Waals surface area contributed by atoms with Gasteiger partial charge in [0.2, 0.25) is 10.0 Å². The Labute approximate surface area is 223 Å². The van der Waals surface area contributed by atoms with E-state index in [0.717, 1.165) is 27.3 Å². The van der Waals surface area contributed by atoms with Crippen molar-refractivity contribution in [3.05, 3.63) is 95.1 Å². The third-order valence-corrected chi connectivity index (χ3v) is 6.78. The van der Waals surface area contributed by atoms with Crippen molar-refractivity contribution in [2.45, 2.75) is 26.8 Å². The summed E-state index contributed by atoms with van der Waals surface area (Å²) >= 11 is 0. The molecular weight excluding hydrogens is 504 g/mol. The van der Waals surface area contributed by atoms with E-state index in [4.69, 9.17) is 4.74 Å². The highest BCUT2D eigenvalue weighted by Gasteiger charge is 2.22. The monoisotopic (exact) mass is 536 g/mol. The van der Waals surface area contributed by atoms with Crippen molar-refractivity contribution in [2.75, 3.05) is 23.7 Å². The van der Waals surface area contributed by atoms with Crippen LogP contribution in [0.1, 0.15) is 35.2 Å². The molecule has 38 heavy (non-hydrogen) atoms. The lowest BCUT2D eigenvalue weighted by molar-refractivity contribution is -0.123. The van der Waals surface area contributed by atoms with Crippen molar-refractivity contribution >= 4 is 33.7 Å². The Bertz CT molecular complexity index is 1390. The summed E-state index contributed by atoms with van der Waals surface area (Å²) in [6.45, 7) is 5.01. The number of carbonyl (C=O) groups is 2. The molecule has 0 aliphatic carbocycles. The molecular formula is C28H32N4O5S. The van der Waals surface area contributed by atoms with Gasteiger partial charge >= 0.3 is 0 Å². The summed E-state index contributed by atoms with van der Waals surface area (Å²) in [5.74, 6) is -0.312. The minimum Gasteiger partial charge on any atom is -0.484 e. The van der Waals surface area contributed by atoms with Crippen LogP contribution in [0.25, 0.3) is 0 Å². The van der Waals surface area contributed by atoms with E-state index in [2.05, 4.69) is 15.8 Å². The molecule has 0 fully saturated rings. The summed E-state index contributed by atoms with van der Waals surface area (Å²) in [5, 5.41) is 6.81. The lowest BCUT2D eigenvalue weighted by Gasteiger charge is -2.23. The van der Waals surface area contributed by atoms with E-state index >= 15 is 0 Å². The first-order valence-electron chi connectivity index (χ1n) is 12.0. The van der Waals surface area contributed by atoms with Gasteiger partial charge in [-0.25, -0.2) is 13.8 Å². The molecule has 0 aliphatic rings. The standard InChI is InChI=1S/C28H32N4O5S/c1-20-10-11-21(2)26(16-20)32(38(4,35)36)18-27(33)31-29-17-23-12-14-25(15-13-23)37-19-28(34)30-22(3)24-8-6-5-7-9-24/h5-17,22H,18-19H2,1-4H3,(H,30,34)(H,31,33)/b29-17-/t22-/m1/s1. The molecule has 3 aromatic rings. The highest BCUT2D eigenvalue weighted by atomic mass is 32.2. The Morgan fingerprint density at radius 3 is 2.34 bits per heavy atom. The third kappa shape index (κ3) is 8.45. The van der Waals surface area contributed by atoms with E-state index in [1.54, 1.807) is 37.3 Å². The summed E-state index contributed by atoms with van der Waals surface area (Å²) in [6, 6.07) is 21.7. The molecule has 1 atom stereocenters. The van der Waals surface area contributed by atoms with Gasteiger partial charge in [0.05, 0.1) is 24.2 Å². The average molecular weight is 537 g/mol. The fourth-order valence-electron chi connectivity index (χ4n) is 3.62. The summed E-state index contributed by atoms with van der Waals surface area (Å²) in [7, 11) is -3.69. The fourth-order valence-corrected chi connectivity index (χ4v) is 4.53. The van der Waals surface area contributed by atoms with E-state index in [1.165, 1.54) is 6.21 Å². The Morgan fingerprint density at radius 1 is 1.00 bits per heavy atom. The number of anilines is 1. The smallest absolute Gasteiger partial charge is 0.260 e. The molecule has 0 aromatic heterocycles. The Balaban J connectivity index is 1.50. The molecule has 0 spiro atoms. The van der Waals surface area contributed by atoms with Gasteiger partial charge in [-0.05, 0) is 73.4 Å². The first-order valence-corrected chi connectivity index (χ1v) is 13.8. The second-order valence-electron chi connectivity index (χ2n) is 8.91. The number of hydrazone groups is 1. The summed E-state index contributed by atoms with van der Waals surface area (Å²) < 4.78 is 31.3. The number of aryl methyl sites for hydroxylation is 2. The summed E-state index contributed by atoms with van der Waals surface area (Å²) in [6.07, 6.45) is 2.49. The maximum atomic E-state index is 12.4.